The maximum Gasteiger partial charge on any atom is 0.337 e. The standard InChI is InChI=1S/C15H16N2O3/c1-19-14-6-4-3-5-13(14)17-12-8-7-10(9-11(12)16)15(18)20-2/h3-9,17H,16H2,1-2H3. The van der Waals surface area contributed by atoms with E-state index in [1.807, 2.05) is 24.3 Å². The van der Waals surface area contributed by atoms with Gasteiger partial charge in [0, 0.05) is 0 Å². The number of hydrogen-bond donors (Lipinski definition) is 2. The molecule has 0 saturated carbocycles. The minimum atomic E-state index is -0.416. The summed E-state index contributed by atoms with van der Waals surface area (Å²) in [5, 5.41) is 3.17. The summed E-state index contributed by atoms with van der Waals surface area (Å²) in [6.07, 6.45) is 0. The third-order valence-corrected chi connectivity index (χ3v) is 2.85. The number of methoxy groups -OCH3 is 2. The molecule has 0 amide bonds. The molecule has 0 bridgehead atoms. The molecule has 0 radical (unpaired) electrons. The van der Waals surface area contributed by atoms with Crippen molar-refractivity contribution >= 4 is 23.0 Å². The van der Waals surface area contributed by atoms with Gasteiger partial charge in [0.2, 0.25) is 0 Å². The normalized spacial score (nSPS) is 9.90. The summed E-state index contributed by atoms with van der Waals surface area (Å²) < 4.78 is 9.91. The molecule has 0 aliphatic heterocycles. The van der Waals surface area contributed by atoms with Gasteiger partial charge >= 0.3 is 5.97 Å². The van der Waals surface area contributed by atoms with Gasteiger partial charge in [0.05, 0.1) is 36.8 Å². The second-order valence-corrected chi connectivity index (χ2v) is 4.12. The molecular weight excluding hydrogens is 256 g/mol. The van der Waals surface area contributed by atoms with Crippen LogP contribution in [0, 0.1) is 0 Å². The number of esters is 1. The SMILES string of the molecule is COC(=O)c1ccc(Nc2ccccc2OC)c(N)c1. The maximum absolute atomic E-state index is 11.4. The van der Waals surface area contributed by atoms with Gasteiger partial charge in [-0.05, 0) is 30.3 Å². The average Bonchev–Trinajstić information content (AvgIpc) is 2.49. The summed E-state index contributed by atoms with van der Waals surface area (Å²) in [7, 11) is 2.93. The van der Waals surface area contributed by atoms with E-state index in [-0.39, 0.29) is 0 Å². The van der Waals surface area contributed by atoms with Crippen LogP contribution in [0.1, 0.15) is 10.4 Å². The van der Waals surface area contributed by atoms with E-state index >= 15 is 0 Å². The Morgan fingerprint density at radius 3 is 2.50 bits per heavy atom. The van der Waals surface area contributed by atoms with Crippen LogP contribution in [0.25, 0.3) is 0 Å². The lowest BCUT2D eigenvalue weighted by Gasteiger charge is -2.13. The Labute approximate surface area is 117 Å². The molecule has 0 unspecified atom stereocenters. The van der Waals surface area contributed by atoms with E-state index < -0.39 is 5.97 Å². The van der Waals surface area contributed by atoms with Crippen molar-refractivity contribution < 1.29 is 14.3 Å². The fraction of sp³-hybridized carbons (Fsp3) is 0.133. The molecule has 0 heterocycles. The second kappa shape index (κ2) is 5.97. The summed E-state index contributed by atoms with van der Waals surface area (Å²) in [5.41, 5.74) is 8.31. The first kappa shape index (κ1) is 13.7. The van der Waals surface area contributed by atoms with Crippen LogP contribution >= 0.6 is 0 Å². The van der Waals surface area contributed by atoms with Crippen LogP contribution in [-0.4, -0.2) is 20.2 Å². The number of nitrogen functional groups attached to an aromatic ring is 1. The van der Waals surface area contributed by atoms with E-state index in [9.17, 15) is 4.79 Å². The third-order valence-electron chi connectivity index (χ3n) is 2.85. The van der Waals surface area contributed by atoms with E-state index in [1.165, 1.54) is 7.11 Å². The number of carbonyl (C=O) groups excluding carboxylic acids is 1. The summed E-state index contributed by atoms with van der Waals surface area (Å²) in [6.45, 7) is 0. The van der Waals surface area contributed by atoms with Crippen LogP contribution in [0.5, 0.6) is 5.75 Å². The lowest BCUT2D eigenvalue weighted by atomic mass is 10.1. The quantitative estimate of drug-likeness (QED) is 0.661. The van der Waals surface area contributed by atoms with E-state index in [0.29, 0.717) is 22.7 Å². The van der Waals surface area contributed by atoms with Crippen LogP contribution in [0.15, 0.2) is 42.5 Å². The first-order valence-electron chi connectivity index (χ1n) is 6.03. The number of para-hydroxylation sites is 2. The largest absolute Gasteiger partial charge is 0.495 e. The zero-order valence-electron chi connectivity index (χ0n) is 11.3. The lowest BCUT2D eigenvalue weighted by molar-refractivity contribution is 0.0601. The van der Waals surface area contributed by atoms with E-state index in [4.69, 9.17) is 10.5 Å². The Hall–Kier alpha value is -2.69. The van der Waals surface area contributed by atoms with Gasteiger partial charge in [-0.25, -0.2) is 4.79 Å². The third kappa shape index (κ3) is 2.83. The minimum Gasteiger partial charge on any atom is -0.495 e. The van der Waals surface area contributed by atoms with Crippen LogP contribution < -0.4 is 15.8 Å². The molecule has 0 atom stereocenters. The van der Waals surface area contributed by atoms with Crippen LogP contribution in [-0.2, 0) is 4.74 Å². The molecule has 0 fully saturated rings. The van der Waals surface area contributed by atoms with Crippen molar-refractivity contribution in [3.8, 4) is 5.75 Å². The highest BCUT2D eigenvalue weighted by molar-refractivity contribution is 5.92. The Morgan fingerprint density at radius 1 is 1.10 bits per heavy atom. The van der Waals surface area contributed by atoms with Crippen molar-refractivity contribution in [2.45, 2.75) is 0 Å². The number of ether oxygens (including phenoxy) is 2. The Balaban J connectivity index is 2.28. The minimum absolute atomic E-state index is 0.413. The molecule has 2 aromatic rings. The van der Waals surface area contributed by atoms with Gasteiger partial charge in [-0.1, -0.05) is 12.1 Å². The molecule has 0 spiro atoms. The van der Waals surface area contributed by atoms with Crippen LogP contribution in [0.2, 0.25) is 0 Å². The molecule has 0 aliphatic rings. The lowest BCUT2D eigenvalue weighted by Crippen LogP contribution is -2.04. The highest BCUT2D eigenvalue weighted by Crippen LogP contribution is 2.30. The van der Waals surface area contributed by atoms with Crippen molar-refractivity contribution in [2.75, 3.05) is 25.3 Å². The van der Waals surface area contributed by atoms with Gasteiger partial charge in [0.15, 0.2) is 0 Å². The number of nitrogens with two attached hydrogens (primary N) is 1. The second-order valence-electron chi connectivity index (χ2n) is 4.12. The molecule has 3 N–H and O–H groups in total. The van der Waals surface area contributed by atoms with Gasteiger partial charge in [-0.3, -0.25) is 0 Å². The molecule has 2 aromatic carbocycles. The number of nitrogens with one attached hydrogen (secondary N) is 1. The number of anilines is 3. The van der Waals surface area contributed by atoms with Gasteiger partial charge < -0.3 is 20.5 Å². The first-order chi connectivity index (χ1) is 9.65. The van der Waals surface area contributed by atoms with Gasteiger partial charge in [-0.2, -0.15) is 0 Å². The van der Waals surface area contributed by atoms with Crippen molar-refractivity contribution in [1.29, 1.82) is 0 Å². The molecule has 104 valence electrons. The van der Waals surface area contributed by atoms with Crippen LogP contribution in [0.3, 0.4) is 0 Å². The summed E-state index contributed by atoms with van der Waals surface area (Å²) >= 11 is 0. The topological polar surface area (TPSA) is 73.6 Å². The smallest absolute Gasteiger partial charge is 0.337 e. The molecule has 20 heavy (non-hydrogen) atoms. The first-order valence-corrected chi connectivity index (χ1v) is 6.03. The zero-order chi connectivity index (χ0) is 14.5. The monoisotopic (exact) mass is 272 g/mol. The number of hydrogen-bond acceptors (Lipinski definition) is 5. The summed E-state index contributed by atoms with van der Waals surface area (Å²) in [5.74, 6) is 0.296. The fourth-order valence-corrected chi connectivity index (χ4v) is 1.81. The predicted molar refractivity (Wildman–Crippen MR) is 78.5 cm³/mol. The predicted octanol–water partition coefficient (Wildman–Crippen LogP) is 2.81. The molecular formula is C15H16N2O3. The molecule has 0 aromatic heterocycles. The molecule has 0 saturated heterocycles. The molecule has 2 rings (SSSR count). The van der Waals surface area contributed by atoms with Crippen LogP contribution in [0.4, 0.5) is 17.1 Å². The fourth-order valence-electron chi connectivity index (χ4n) is 1.81. The van der Waals surface area contributed by atoms with Crippen molar-refractivity contribution in [3.05, 3.63) is 48.0 Å². The Kier molecular flexibility index (Phi) is 4.10. The summed E-state index contributed by atoms with van der Waals surface area (Å²) in [6, 6.07) is 12.5. The number of benzene rings is 2. The van der Waals surface area contributed by atoms with Crippen molar-refractivity contribution in [3.63, 3.8) is 0 Å². The highest BCUT2D eigenvalue weighted by Gasteiger charge is 2.09. The van der Waals surface area contributed by atoms with E-state index in [0.717, 1.165) is 5.69 Å². The number of carbonyl (C=O) groups is 1. The molecule has 5 heteroatoms. The van der Waals surface area contributed by atoms with Crippen molar-refractivity contribution in [1.82, 2.24) is 0 Å². The Morgan fingerprint density at radius 2 is 1.85 bits per heavy atom. The molecule has 5 nitrogen and oxygen atoms in total. The van der Waals surface area contributed by atoms with Crippen molar-refractivity contribution in [2.24, 2.45) is 0 Å². The highest BCUT2D eigenvalue weighted by atomic mass is 16.5. The Bertz CT molecular complexity index is 626. The molecule has 0 aliphatic carbocycles. The maximum atomic E-state index is 11.4. The average molecular weight is 272 g/mol. The van der Waals surface area contributed by atoms with Gasteiger partial charge in [-0.15, -0.1) is 0 Å². The van der Waals surface area contributed by atoms with E-state index in [2.05, 4.69) is 10.1 Å². The summed E-state index contributed by atoms with van der Waals surface area (Å²) in [4.78, 5) is 11.4. The van der Waals surface area contributed by atoms with Gasteiger partial charge in [0.1, 0.15) is 5.75 Å². The number of rotatable bonds is 4. The zero-order valence-corrected chi connectivity index (χ0v) is 11.3. The van der Waals surface area contributed by atoms with E-state index in [1.54, 1.807) is 25.3 Å². The van der Waals surface area contributed by atoms with Gasteiger partial charge in [0.25, 0.3) is 0 Å².